The molecule has 0 aliphatic carbocycles. The van der Waals surface area contributed by atoms with Crippen LogP contribution in [-0.4, -0.2) is 19.7 Å². The average Bonchev–Trinajstić information content (AvgIpc) is 3.10. The number of rotatable bonds is 5. The van der Waals surface area contributed by atoms with Gasteiger partial charge in [0.15, 0.2) is 5.82 Å². The Hall–Kier alpha value is -3.67. The van der Waals surface area contributed by atoms with Crippen LogP contribution in [0.25, 0.3) is 17.1 Å². The largest absolute Gasteiger partial charge is 0.300 e. The van der Waals surface area contributed by atoms with E-state index in [1.54, 1.807) is 0 Å². The van der Waals surface area contributed by atoms with Crippen LogP contribution in [0.1, 0.15) is 5.69 Å². The zero-order chi connectivity index (χ0) is 17.8. The van der Waals surface area contributed by atoms with Gasteiger partial charge in [0.05, 0.1) is 17.1 Å². The highest BCUT2D eigenvalue weighted by molar-refractivity contribution is 5.62. The first-order valence-corrected chi connectivity index (χ1v) is 8.31. The van der Waals surface area contributed by atoms with Crippen LogP contribution in [0.15, 0.2) is 79.1 Å². The van der Waals surface area contributed by atoms with Crippen molar-refractivity contribution in [3.8, 4) is 17.1 Å². The topological polar surface area (TPSA) is 67.7 Å². The van der Waals surface area contributed by atoms with Crippen LogP contribution in [0.4, 0.5) is 11.5 Å². The van der Waals surface area contributed by atoms with Crippen LogP contribution in [-0.2, 0) is 0 Å². The van der Waals surface area contributed by atoms with Crippen LogP contribution >= 0.6 is 0 Å². The highest BCUT2D eigenvalue weighted by Crippen LogP contribution is 2.23. The molecule has 0 saturated heterocycles. The zero-order valence-corrected chi connectivity index (χ0v) is 14.3. The molecule has 2 aromatic heterocycles. The van der Waals surface area contributed by atoms with Crippen molar-refractivity contribution in [2.75, 3.05) is 10.9 Å². The highest BCUT2D eigenvalue weighted by Gasteiger charge is 2.11. The van der Waals surface area contributed by atoms with Crippen LogP contribution in [0.3, 0.4) is 0 Å². The first kappa shape index (κ1) is 15.8. The molecule has 0 saturated carbocycles. The van der Waals surface area contributed by atoms with Crippen molar-refractivity contribution in [3.63, 3.8) is 0 Å². The minimum atomic E-state index is 0.658. The summed E-state index contributed by atoms with van der Waals surface area (Å²) in [4.78, 5) is 8.65. The number of aromatic nitrogens is 4. The maximum atomic E-state index is 4.59. The molecule has 0 amide bonds. The number of anilines is 2. The molecule has 4 aromatic rings. The molecular formula is C20H18N6. The Labute approximate surface area is 151 Å². The number of para-hydroxylation sites is 1. The fraction of sp³-hybridized carbons (Fsp3) is 0.0500. The summed E-state index contributed by atoms with van der Waals surface area (Å²) in [5, 5.41) is 4.59. The van der Waals surface area contributed by atoms with Crippen LogP contribution in [0.5, 0.6) is 0 Å². The lowest BCUT2D eigenvalue weighted by atomic mass is 10.1. The molecule has 0 aliphatic rings. The van der Waals surface area contributed by atoms with Gasteiger partial charge in [0, 0.05) is 11.6 Å². The third-order valence-corrected chi connectivity index (χ3v) is 3.88. The Balaban J connectivity index is 1.63. The molecule has 0 aliphatic heterocycles. The smallest absolute Gasteiger partial charge is 0.159 e. The first-order chi connectivity index (χ1) is 12.8. The number of hydrogen-bond acceptors (Lipinski definition) is 5. The number of nitrogens with zero attached hydrogens (tertiary/aromatic N) is 4. The lowest BCUT2D eigenvalue weighted by molar-refractivity contribution is 0.833. The Morgan fingerprint density at radius 1 is 0.808 bits per heavy atom. The van der Waals surface area contributed by atoms with E-state index in [-0.39, 0.29) is 0 Å². The van der Waals surface area contributed by atoms with Gasteiger partial charge < -0.3 is 0 Å². The molecule has 2 heterocycles. The van der Waals surface area contributed by atoms with Crippen LogP contribution < -0.4 is 10.9 Å². The predicted octanol–water partition coefficient (Wildman–Crippen LogP) is 4.08. The van der Waals surface area contributed by atoms with Crippen LogP contribution in [0, 0.1) is 6.92 Å². The Morgan fingerprint density at radius 3 is 2.31 bits per heavy atom. The van der Waals surface area contributed by atoms with Crippen molar-refractivity contribution in [2.45, 2.75) is 6.92 Å². The number of nitrogens with one attached hydrogen (secondary N) is 2. The Bertz CT molecular complexity index is 995. The fourth-order valence-corrected chi connectivity index (χ4v) is 2.68. The van der Waals surface area contributed by atoms with Crippen molar-refractivity contribution in [2.24, 2.45) is 0 Å². The number of benzene rings is 2. The lowest BCUT2D eigenvalue weighted by Crippen LogP contribution is -2.11. The highest BCUT2D eigenvalue weighted by atomic mass is 15.4. The summed E-state index contributed by atoms with van der Waals surface area (Å²) in [5.41, 5.74) is 10.2. The number of aryl methyl sites for hydroxylation is 1. The standard InChI is InChI=1S/C20H18N6/c1-15-12-18(16-8-4-2-5-9-16)26(25-15)20-13-19(21-14-22-20)24-23-17-10-6-3-7-11-17/h2-14,23H,1H3,(H,21,22,24). The van der Waals surface area contributed by atoms with E-state index < -0.39 is 0 Å². The second-order valence-corrected chi connectivity index (χ2v) is 5.83. The summed E-state index contributed by atoms with van der Waals surface area (Å²) in [5.74, 6) is 1.36. The van der Waals surface area contributed by atoms with E-state index in [0.717, 1.165) is 22.6 Å². The van der Waals surface area contributed by atoms with E-state index in [1.807, 2.05) is 72.3 Å². The average molecular weight is 342 g/mol. The molecule has 2 N–H and O–H groups in total. The van der Waals surface area contributed by atoms with Crippen molar-refractivity contribution >= 4 is 11.5 Å². The molecule has 0 bridgehead atoms. The molecule has 6 heteroatoms. The molecule has 0 radical (unpaired) electrons. The van der Waals surface area contributed by atoms with Gasteiger partial charge >= 0.3 is 0 Å². The minimum absolute atomic E-state index is 0.658. The van der Waals surface area contributed by atoms with Crippen molar-refractivity contribution in [3.05, 3.63) is 84.8 Å². The van der Waals surface area contributed by atoms with Gasteiger partial charge in [-0.25, -0.2) is 14.6 Å². The molecule has 26 heavy (non-hydrogen) atoms. The van der Waals surface area contributed by atoms with Gasteiger partial charge in [-0.3, -0.25) is 10.9 Å². The lowest BCUT2D eigenvalue weighted by Gasteiger charge is -2.11. The van der Waals surface area contributed by atoms with E-state index in [9.17, 15) is 0 Å². The van der Waals surface area contributed by atoms with Crippen molar-refractivity contribution in [1.82, 2.24) is 19.7 Å². The molecule has 4 rings (SSSR count). The molecular weight excluding hydrogens is 324 g/mol. The van der Waals surface area contributed by atoms with Gasteiger partial charge in [0.1, 0.15) is 12.1 Å². The molecule has 0 spiro atoms. The maximum Gasteiger partial charge on any atom is 0.159 e. The second kappa shape index (κ2) is 7.06. The second-order valence-electron chi connectivity index (χ2n) is 5.83. The number of hydrogen-bond donors (Lipinski definition) is 2. The zero-order valence-electron chi connectivity index (χ0n) is 14.3. The van der Waals surface area contributed by atoms with Gasteiger partial charge in [-0.1, -0.05) is 48.5 Å². The van der Waals surface area contributed by atoms with Gasteiger partial charge in [0.25, 0.3) is 0 Å². The summed E-state index contributed by atoms with van der Waals surface area (Å²) < 4.78 is 1.83. The Morgan fingerprint density at radius 2 is 1.54 bits per heavy atom. The van der Waals surface area contributed by atoms with E-state index in [0.29, 0.717) is 11.6 Å². The van der Waals surface area contributed by atoms with Gasteiger partial charge in [-0.15, -0.1) is 0 Å². The Kier molecular flexibility index (Phi) is 4.30. The summed E-state index contributed by atoms with van der Waals surface area (Å²) in [7, 11) is 0. The third-order valence-electron chi connectivity index (χ3n) is 3.88. The van der Waals surface area contributed by atoms with Gasteiger partial charge in [0.2, 0.25) is 0 Å². The van der Waals surface area contributed by atoms with Crippen molar-refractivity contribution < 1.29 is 0 Å². The quantitative estimate of drug-likeness (QED) is 0.535. The molecule has 0 unspecified atom stereocenters. The fourth-order valence-electron chi connectivity index (χ4n) is 2.68. The number of hydrazine groups is 1. The van der Waals surface area contributed by atoms with Gasteiger partial charge in [-0.2, -0.15) is 5.10 Å². The van der Waals surface area contributed by atoms with E-state index in [1.165, 1.54) is 6.33 Å². The van der Waals surface area contributed by atoms with E-state index in [2.05, 4.69) is 38.1 Å². The molecule has 0 fully saturated rings. The van der Waals surface area contributed by atoms with Gasteiger partial charge in [-0.05, 0) is 25.1 Å². The summed E-state index contributed by atoms with van der Waals surface area (Å²) in [6, 6.07) is 23.9. The normalized spacial score (nSPS) is 10.5. The maximum absolute atomic E-state index is 4.59. The summed E-state index contributed by atoms with van der Waals surface area (Å²) in [6.07, 6.45) is 1.52. The third kappa shape index (κ3) is 3.39. The minimum Gasteiger partial charge on any atom is -0.300 e. The van der Waals surface area contributed by atoms with Crippen molar-refractivity contribution in [1.29, 1.82) is 0 Å². The molecule has 0 atom stereocenters. The first-order valence-electron chi connectivity index (χ1n) is 8.31. The summed E-state index contributed by atoms with van der Waals surface area (Å²) >= 11 is 0. The molecule has 6 nitrogen and oxygen atoms in total. The van der Waals surface area contributed by atoms with E-state index in [4.69, 9.17) is 0 Å². The molecule has 2 aromatic carbocycles. The van der Waals surface area contributed by atoms with E-state index >= 15 is 0 Å². The summed E-state index contributed by atoms with van der Waals surface area (Å²) in [6.45, 7) is 1.97. The monoisotopic (exact) mass is 342 g/mol. The van der Waals surface area contributed by atoms with Crippen LogP contribution in [0.2, 0.25) is 0 Å². The predicted molar refractivity (Wildman–Crippen MR) is 103 cm³/mol. The molecule has 128 valence electrons. The SMILES string of the molecule is Cc1cc(-c2ccccc2)n(-c2cc(NNc3ccccc3)ncn2)n1.